The molecule has 2 aromatic rings. The van der Waals surface area contributed by atoms with Crippen LogP contribution in [-0.4, -0.2) is 9.55 Å². The highest BCUT2D eigenvalue weighted by molar-refractivity contribution is 5.72. The van der Waals surface area contributed by atoms with Crippen molar-refractivity contribution in [2.75, 3.05) is 5.73 Å². The predicted molar refractivity (Wildman–Crippen MR) is 85.9 cm³/mol. The van der Waals surface area contributed by atoms with Crippen molar-refractivity contribution >= 4 is 5.82 Å². The van der Waals surface area contributed by atoms with Gasteiger partial charge in [-0.2, -0.15) is 5.26 Å². The molecule has 0 amide bonds. The normalized spacial score (nSPS) is 11.7. The van der Waals surface area contributed by atoms with Gasteiger partial charge in [0.25, 0.3) is 0 Å². The topological polar surface area (TPSA) is 67.6 Å². The van der Waals surface area contributed by atoms with Crippen molar-refractivity contribution in [1.82, 2.24) is 9.55 Å². The highest BCUT2D eigenvalue weighted by Crippen LogP contribution is 2.34. The quantitative estimate of drug-likeness (QED) is 0.908. The summed E-state index contributed by atoms with van der Waals surface area (Å²) >= 11 is 0. The van der Waals surface area contributed by atoms with E-state index in [1.807, 2.05) is 18.2 Å². The molecule has 1 aromatic heterocycles. The van der Waals surface area contributed by atoms with E-state index in [0.29, 0.717) is 11.4 Å². The van der Waals surface area contributed by atoms with Gasteiger partial charge in [-0.15, -0.1) is 0 Å². The summed E-state index contributed by atoms with van der Waals surface area (Å²) in [6, 6.07) is 9.80. The van der Waals surface area contributed by atoms with Crippen LogP contribution in [0.5, 0.6) is 0 Å². The highest BCUT2D eigenvalue weighted by atomic mass is 15.2. The summed E-state index contributed by atoms with van der Waals surface area (Å²) in [5, 5.41) is 9.05. The minimum absolute atomic E-state index is 0.0938. The van der Waals surface area contributed by atoms with E-state index >= 15 is 0 Å². The number of nitriles is 1. The van der Waals surface area contributed by atoms with E-state index in [2.05, 4.69) is 45.3 Å². The van der Waals surface area contributed by atoms with Crippen LogP contribution in [0.15, 0.2) is 24.3 Å². The fraction of sp³-hybridized carbons (Fsp3) is 0.412. The van der Waals surface area contributed by atoms with E-state index in [9.17, 15) is 0 Å². The number of imidazole rings is 1. The molecule has 0 aliphatic carbocycles. The summed E-state index contributed by atoms with van der Waals surface area (Å²) in [5.74, 6) is 1.62. The fourth-order valence-corrected chi connectivity index (χ4v) is 2.45. The monoisotopic (exact) mass is 282 g/mol. The van der Waals surface area contributed by atoms with Crippen molar-refractivity contribution < 1.29 is 0 Å². The lowest BCUT2D eigenvalue weighted by Gasteiger charge is -2.22. The van der Waals surface area contributed by atoms with E-state index in [0.717, 1.165) is 17.1 Å². The molecule has 0 bridgehead atoms. The summed E-state index contributed by atoms with van der Waals surface area (Å²) in [6.07, 6.45) is 0. The molecule has 0 aliphatic rings. The molecule has 2 rings (SSSR count). The third-order valence-electron chi connectivity index (χ3n) is 3.40. The lowest BCUT2D eigenvalue weighted by Crippen LogP contribution is -2.21. The number of benzene rings is 1. The number of rotatable bonds is 2. The van der Waals surface area contributed by atoms with Gasteiger partial charge < -0.3 is 10.3 Å². The summed E-state index contributed by atoms with van der Waals surface area (Å²) in [4.78, 5) is 4.78. The molecule has 1 heterocycles. The SMILES string of the molecule is CC(C)n1c(C(C)(C)C)nc(-c2cccc(C#N)c2)c1N. The Morgan fingerprint density at radius 3 is 2.43 bits per heavy atom. The molecule has 21 heavy (non-hydrogen) atoms. The summed E-state index contributed by atoms with van der Waals surface area (Å²) in [7, 11) is 0. The van der Waals surface area contributed by atoms with Gasteiger partial charge >= 0.3 is 0 Å². The second-order valence-corrected chi connectivity index (χ2v) is 6.58. The molecule has 110 valence electrons. The third kappa shape index (κ3) is 2.78. The first-order valence-corrected chi connectivity index (χ1v) is 7.14. The van der Waals surface area contributed by atoms with Gasteiger partial charge in [0.1, 0.15) is 17.3 Å². The van der Waals surface area contributed by atoms with Crippen LogP contribution in [0.25, 0.3) is 11.3 Å². The lowest BCUT2D eigenvalue weighted by atomic mass is 9.95. The number of nitrogen functional groups attached to an aromatic ring is 1. The van der Waals surface area contributed by atoms with Gasteiger partial charge in [0.05, 0.1) is 11.6 Å². The summed E-state index contributed by atoms with van der Waals surface area (Å²) < 4.78 is 2.08. The Balaban J connectivity index is 2.68. The van der Waals surface area contributed by atoms with Crippen LogP contribution in [0, 0.1) is 11.3 Å². The zero-order valence-corrected chi connectivity index (χ0v) is 13.3. The molecule has 0 aliphatic heterocycles. The van der Waals surface area contributed by atoms with Crippen LogP contribution in [0.4, 0.5) is 5.82 Å². The Hall–Kier alpha value is -2.28. The van der Waals surface area contributed by atoms with E-state index < -0.39 is 0 Å². The molecule has 0 saturated heterocycles. The molecular formula is C17H22N4. The van der Waals surface area contributed by atoms with E-state index in [4.69, 9.17) is 16.0 Å². The third-order valence-corrected chi connectivity index (χ3v) is 3.40. The summed E-state index contributed by atoms with van der Waals surface area (Å²) in [6.45, 7) is 10.6. The first-order valence-electron chi connectivity index (χ1n) is 7.14. The molecule has 0 radical (unpaired) electrons. The van der Waals surface area contributed by atoms with E-state index in [1.54, 1.807) is 6.07 Å². The molecule has 0 atom stereocenters. The molecule has 2 N–H and O–H groups in total. The molecular weight excluding hydrogens is 260 g/mol. The molecule has 0 unspecified atom stereocenters. The maximum atomic E-state index is 9.05. The van der Waals surface area contributed by atoms with Crippen LogP contribution in [0.3, 0.4) is 0 Å². The van der Waals surface area contributed by atoms with Crippen LogP contribution >= 0.6 is 0 Å². The molecule has 0 saturated carbocycles. The Bertz CT molecular complexity index is 697. The number of nitrogens with zero attached hydrogens (tertiary/aromatic N) is 3. The number of nitrogens with two attached hydrogens (primary N) is 1. The average Bonchev–Trinajstić information content (AvgIpc) is 2.76. The lowest BCUT2D eigenvalue weighted by molar-refractivity contribution is 0.473. The number of aromatic nitrogens is 2. The minimum atomic E-state index is -0.0938. The van der Waals surface area contributed by atoms with Gasteiger partial charge in [0, 0.05) is 17.0 Å². The van der Waals surface area contributed by atoms with Crippen molar-refractivity contribution in [3.8, 4) is 17.3 Å². The highest BCUT2D eigenvalue weighted by Gasteiger charge is 2.26. The molecule has 4 heteroatoms. The van der Waals surface area contributed by atoms with Gasteiger partial charge in [0.15, 0.2) is 0 Å². The van der Waals surface area contributed by atoms with Crippen molar-refractivity contribution in [3.05, 3.63) is 35.7 Å². The van der Waals surface area contributed by atoms with Crippen LogP contribution < -0.4 is 5.73 Å². The van der Waals surface area contributed by atoms with Gasteiger partial charge in [-0.1, -0.05) is 32.9 Å². The first kappa shape index (κ1) is 15.1. The second-order valence-electron chi connectivity index (χ2n) is 6.58. The Labute approximate surface area is 126 Å². The smallest absolute Gasteiger partial charge is 0.131 e. The van der Waals surface area contributed by atoms with Gasteiger partial charge in [0.2, 0.25) is 0 Å². The van der Waals surface area contributed by atoms with Crippen LogP contribution in [-0.2, 0) is 5.41 Å². The van der Waals surface area contributed by atoms with Gasteiger partial charge in [-0.05, 0) is 26.0 Å². The minimum Gasteiger partial charge on any atom is -0.383 e. The van der Waals surface area contributed by atoms with Crippen molar-refractivity contribution in [2.45, 2.75) is 46.1 Å². The Morgan fingerprint density at radius 1 is 1.29 bits per heavy atom. The zero-order valence-electron chi connectivity index (χ0n) is 13.3. The van der Waals surface area contributed by atoms with Crippen molar-refractivity contribution in [1.29, 1.82) is 5.26 Å². The predicted octanol–water partition coefficient (Wildman–Crippen LogP) is 3.88. The number of hydrogen-bond acceptors (Lipinski definition) is 3. The Kier molecular flexibility index (Phi) is 3.78. The largest absolute Gasteiger partial charge is 0.383 e. The maximum Gasteiger partial charge on any atom is 0.131 e. The fourth-order valence-electron chi connectivity index (χ4n) is 2.45. The Morgan fingerprint density at radius 2 is 1.95 bits per heavy atom. The zero-order chi connectivity index (χ0) is 15.8. The van der Waals surface area contributed by atoms with Crippen LogP contribution in [0.1, 0.15) is 52.0 Å². The molecule has 4 nitrogen and oxygen atoms in total. The molecule has 0 spiro atoms. The standard InChI is InChI=1S/C17H22N4/c1-11(2)21-15(19)14(20-16(21)17(3,4)5)13-8-6-7-12(9-13)10-18/h6-9,11H,19H2,1-5H3. The first-order chi connectivity index (χ1) is 9.75. The molecule has 1 aromatic carbocycles. The van der Waals surface area contributed by atoms with Gasteiger partial charge in [-0.25, -0.2) is 4.98 Å². The van der Waals surface area contributed by atoms with Crippen LogP contribution in [0.2, 0.25) is 0 Å². The van der Waals surface area contributed by atoms with Crippen molar-refractivity contribution in [2.24, 2.45) is 0 Å². The van der Waals surface area contributed by atoms with Gasteiger partial charge in [-0.3, -0.25) is 0 Å². The van der Waals surface area contributed by atoms with E-state index in [1.165, 1.54) is 0 Å². The van der Waals surface area contributed by atoms with Crippen molar-refractivity contribution in [3.63, 3.8) is 0 Å². The maximum absolute atomic E-state index is 9.05. The van der Waals surface area contributed by atoms with E-state index in [-0.39, 0.29) is 11.5 Å². The number of hydrogen-bond donors (Lipinski definition) is 1. The summed E-state index contributed by atoms with van der Waals surface area (Å²) in [5.41, 5.74) is 8.50. The second kappa shape index (κ2) is 5.25. The number of anilines is 1. The average molecular weight is 282 g/mol. The molecule has 0 fully saturated rings.